The molecule has 0 fully saturated rings. The van der Waals surface area contributed by atoms with E-state index in [1.165, 1.54) is 13.2 Å². The van der Waals surface area contributed by atoms with E-state index in [1.54, 1.807) is 6.20 Å². The Balaban J connectivity index is 2.04. The number of hydrogen-bond donors (Lipinski definition) is 1. The topological polar surface area (TPSA) is 89.0 Å². The number of benzene rings is 2. The van der Waals surface area contributed by atoms with E-state index in [9.17, 15) is 14.4 Å². The van der Waals surface area contributed by atoms with Crippen molar-refractivity contribution in [3.05, 3.63) is 78.8 Å². The third-order valence-electron chi connectivity index (χ3n) is 4.63. The largest absolute Gasteiger partial charge is 0.496 e. The van der Waals surface area contributed by atoms with E-state index in [1.807, 2.05) is 47.7 Å². The molecule has 0 unspecified atom stereocenters. The number of primary amides is 1. The van der Waals surface area contributed by atoms with Gasteiger partial charge in [0.05, 0.1) is 32.5 Å². The molecule has 2 aromatic carbocycles. The smallest absolute Gasteiger partial charge is 0.252 e. The van der Waals surface area contributed by atoms with Gasteiger partial charge in [0.25, 0.3) is 5.91 Å². The Bertz CT molecular complexity index is 1210. The van der Waals surface area contributed by atoms with E-state index in [-0.39, 0.29) is 11.3 Å². The molecule has 30 heavy (non-hydrogen) atoms. The molecule has 3 aromatic rings. The van der Waals surface area contributed by atoms with Crippen molar-refractivity contribution in [3.63, 3.8) is 0 Å². The van der Waals surface area contributed by atoms with Gasteiger partial charge in [0, 0.05) is 23.7 Å². The fourth-order valence-electron chi connectivity index (χ4n) is 3.30. The number of methoxy groups -OCH3 is 1. The van der Waals surface area contributed by atoms with Gasteiger partial charge in [0.15, 0.2) is 0 Å². The molecule has 5 nitrogen and oxygen atoms in total. The van der Waals surface area contributed by atoms with Gasteiger partial charge in [0.2, 0.25) is 0 Å². The highest BCUT2D eigenvalue weighted by Crippen LogP contribution is 2.33. The number of amides is 1. The Labute approximate surface area is 191 Å². The zero-order valence-electron chi connectivity index (χ0n) is 16.1. The van der Waals surface area contributed by atoms with Crippen LogP contribution in [-0.2, 0) is 6.42 Å². The number of nitrogens with zero attached hydrogens (tertiary/aromatic N) is 2. The number of nitriles is 1. The van der Waals surface area contributed by atoms with Crippen LogP contribution in [0.25, 0.3) is 11.3 Å². The van der Waals surface area contributed by atoms with Crippen LogP contribution in [0.15, 0.2) is 36.5 Å². The van der Waals surface area contributed by atoms with Crippen molar-refractivity contribution in [2.45, 2.75) is 13.3 Å². The minimum atomic E-state index is -0.759. The number of halogens is 3. The summed E-state index contributed by atoms with van der Waals surface area (Å²) in [6.07, 6.45) is 1.95. The number of hydrogen-bond acceptors (Lipinski definition) is 4. The molecular formula is C22H16ClFIN3O2. The van der Waals surface area contributed by atoms with Crippen molar-refractivity contribution in [2.75, 3.05) is 7.11 Å². The molecule has 0 aliphatic rings. The van der Waals surface area contributed by atoms with E-state index in [0.29, 0.717) is 31.8 Å². The van der Waals surface area contributed by atoms with Crippen LogP contribution in [0.5, 0.6) is 5.75 Å². The maximum absolute atomic E-state index is 14.0. The highest BCUT2D eigenvalue weighted by Gasteiger charge is 2.18. The molecule has 0 saturated carbocycles. The predicted molar refractivity (Wildman–Crippen MR) is 121 cm³/mol. The van der Waals surface area contributed by atoms with Crippen LogP contribution < -0.4 is 10.5 Å². The van der Waals surface area contributed by atoms with Crippen LogP contribution in [0.1, 0.15) is 32.6 Å². The average Bonchev–Trinajstić information content (AvgIpc) is 2.70. The molecule has 0 saturated heterocycles. The molecule has 0 bridgehead atoms. The van der Waals surface area contributed by atoms with E-state index >= 15 is 0 Å². The van der Waals surface area contributed by atoms with E-state index in [0.717, 1.165) is 22.8 Å². The van der Waals surface area contributed by atoms with Crippen molar-refractivity contribution >= 4 is 40.1 Å². The van der Waals surface area contributed by atoms with Crippen molar-refractivity contribution in [2.24, 2.45) is 5.73 Å². The van der Waals surface area contributed by atoms with Gasteiger partial charge in [-0.3, -0.25) is 9.78 Å². The van der Waals surface area contributed by atoms with Crippen LogP contribution in [0.2, 0.25) is 5.02 Å². The quantitative estimate of drug-likeness (QED) is 0.465. The van der Waals surface area contributed by atoms with Crippen molar-refractivity contribution in [3.8, 4) is 23.1 Å². The number of pyridine rings is 1. The summed E-state index contributed by atoms with van der Waals surface area (Å²) in [7, 11) is 1.41. The number of rotatable bonds is 5. The van der Waals surface area contributed by atoms with Crippen LogP contribution in [-0.4, -0.2) is 18.0 Å². The lowest BCUT2D eigenvalue weighted by Gasteiger charge is -2.14. The molecule has 0 aliphatic carbocycles. The second-order valence-corrected chi connectivity index (χ2v) is 8.13. The third-order valence-corrected chi connectivity index (χ3v) is 6.15. The molecule has 1 aromatic heterocycles. The average molecular weight is 536 g/mol. The monoisotopic (exact) mass is 535 g/mol. The number of carbonyl (C=O) groups excluding carboxylic acids is 1. The van der Waals surface area contributed by atoms with Gasteiger partial charge in [-0.2, -0.15) is 5.26 Å². The Hall–Kier alpha value is -2.70. The van der Waals surface area contributed by atoms with Gasteiger partial charge >= 0.3 is 0 Å². The summed E-state index contributed by atoms with van der Waals surface area (Å²) in [5.41, 5.74) is 9.19. The molecule has 0 atom stereocenters. The molecule has 1 amide bonds. The first-order valence-corrected chi connectivity index (χ1v) is 10.2. The van der Waals surface area contributed by atoms with Gasteiger partial charge in [-0.15, -0.1) is 0 Å². The minimum absolute atomic E-state index is 0.00256. The van der Waals surface area contributed by atoms with Gasteiger partial charge in [0.1, 0.15) is 17.6 Å². The summed E-state index contributed by atoms with van der Waals surface area (Å²) < 4.78 is 20.0. The predicted octanol–water partition coefficient (Wildman–Crippen LogP) is 5.02. The number of aryl methyl sites for hydroxylation is 1. The van der Waals surface area contributed by atoms with Gasteiger partial charge in [-0.05, 0) is 52.8 Å². The molecule has 8 heteroatoms. The molecule has 0 radical (unpaired) electrons. The second kappa shape index (κ2) is 8.98. The lowest BCUT2D eigenvalue weighted by atomic mass is 9.95. The van der Waals surface area contributed by atoms with Crippen LogP contribution in [0, 0.1) is 27.6 Å². The lowest BCUT2D eigenvalue weighted by Crippen LogP contribution is -2.14. The Morgan fingerprint density at radius 3 is 2.70 bits per heavy atom. The fourth-order valence-corrected chi connectivity index (χ4v) is 3.89. The summed E-state index contributed by atoms with van der Waals surface area (Å²) in [6, 6.07) is 10.1. The zero-order valence-corrected chi connectivity index (χ0v) is 19.0. The summed E-state index contributed by atoms with van der Waals surface area (Å²) in [6.45, 7) is 1.89. The Morgan fingerprint density at radius 2 is 2.10 bits per heavy atom. The highest BCUT2D eigenvalue weighted by molar-refractivity contribution is 14.1. The van der Waals surface area contributed by atoms with Crippen molar-refractivity contribution in [1.29, 1.82) is 5.26 Å². The van der Waals surface area contributed by atoms with E-state index < -0.39 is 11.7 Å². The van der Waals surface area contributed by atoms with Crippen LogP contribution in [0.3, 0.4) is 0 Å². The molecule has 3 rings (SSSR count). The summed E-state index contributed by atoms with van der Waals surface area (Å²) in [4.78, 5) is 16.0. The normalized spacial score (nSPS) is 10.5. The SMILES string of the molecule is COc1c(Cc2ccc(-c3ncc(I)c(Cl)c3C#N)c(C)c2)cc(F)cc1C(N)=O. The molecule has 0 spiro atoms. The maximum Gasteiger partial charge on any atom is 0.252 e. The van der Waals surface area contributed by atoms with E-state index in [2.05, 4.69) is 11.1 Å². The van der Waals surface area contributed by atoms with Gasteiger partial charge in [-0.1, -0.05) is 29.8 Å². The van der Waals surface area contributed by atoms with Gasteiger partial charge < -0.3 is 10.5 Å². The molecule has 2 N–H and O–H groups in total. The standard InChI is InChI=1S/C22H16ClFIN3O2/c1-11-5-12(6-13-7-14(24)8-16(22(27)29)21(13)30-2)3-4-15(11)20-17(9-26)19(23)18(25)10-28-20/h3-5,7-8,10H,6H2,1-2H3,(H2,27,29). The fraction of sp³-hybridized carbons (Fsp3) is 0.136. The summed E-state index contributed by atoms with van der Waals surface area (Å²) in [5, 5.41) is 9.89. The van der Waals surface area contributed by atoms with Crippen LogP contribution in [0.4, 0.5) is 4.39 Å². The zero-order chi connectivity index (χ0) is 22.0. The molecule has 1 heterocycles. The minimum Gasteiger partial charge on any atom is -0.496 e. The highest BCUT2D eigenvalue weighted by atomic mass is 127. The molecule has 0 aliphatic heterocycles. The maximum atomic E-state index is 14.0. The lowest BCUT2D eigenvalue weighted by molar-refractivity contribution is 0.0996. The number of carbonyl (C=O) groups is 1. The first-order valence-electron chi connectivity index (χ1n) is 8.77. The summed E-state index contributed by atoms with van der Waals surface area (Å²) >= 11 is 8.30. The third kappa shape index (κ3) is 4.25. The van der Waals surface area contributed by atoms with Crippen molar-refractivity contribution < 1.29 is 13.9 Å². The molecular weight excluding hydrogens is 520 g/mol. The first-order chi connectivity index (χ1) is 14.3. The van der Waals surface area contributed by atoms with E-state index in [4.69, 9.17) is 22.1 Å². The first kappa shape index (κ1) is 22.0. The number of ether oxygens (including phenoxy) is 1. The second-order valence-electron chi connectivity index (χ2n) is 6.59. The summed E-state index contributed by atoms with van der Waals surface area (Å²) in [5.74, 6) is -1.07. The van der Waals surface area contributed by atoms with Crippen LogP contribution >= 0.6 is 34.2 Å². The van der Waals surface area contributed by atoms with Crippen molar-refractivity contribution in [1.82, 2.24) is 4.98 Å². The number of aromatic nitrogens is 1. The Morgan fingerprint density at radius 1 is 1.37 bits per heavy atom. The number of nitrogens with two attached hydrogens (primary N) is 1. The Kier molecular flexibility index (Phi) is 6.58. The molecule has 152 valence electrons. The van der Waals surface area contributed by atoms with Gasteiger partial charge in [-0.25, -0.2) is 4.39 Å².